The number of hydrogen-bond donors (Lipinski definition) is 2. The summed E-state index contributed by atoms with van der Waals surface area (Å²) in [5, 5.41) is 19.5. The van der Waals surface area contributed by atoms with Crippen LogP contribution in [0.4, 0.5) is 0 Å². The van der Waals surface area contributed by atoms with Gasteiger partial charge in [-0.25, -0.2) is 0 Å². The molecule has 1 aliphatic carbocycles. The van der Waals surface area contributed by atoms with Crippen LogP contribution in [0, 0.1) is 11.8 Å². The van der Waals surface area contributed by atoms with Crippen molar-refractivity contribution < 1.29 is 10.2 Å². The van der Waals surface area contributed by atoms with Gasteiger partial charge in [0.1, 0.15) is 0 Å². The van der Waals surface area contributed by atoms with Crippen LogP contribution in [0.2, 0.25) is 0 Å². The minimum absolute atomic E-state index is 0.197. The van der Waals surface area contributed by atoms with Crippen LogP contribution in [0.3, 0.4) is 0 Å². The van der Waals surface area contributed by atoms with Crippen molar-refractivity contribution >= 4 is 0 Å². The summed E-state index contributed by atoms with van der Waals surface area (Å²) in [6, 6.07) is 0.272. The molecule has 2 rings (SSSR count). The van der Waals surface area contributed by atoms with E-state index in [2.05, 4.69) is 11.8 Å². The van der Waals surface area contributed by atoms with E-state index in [1.807, 2.05) is 0 Å². The zero-order valence-electron chi connectivity index (χ0n) is 11.0. The lowest BCUT2D eigenvalue weighted by atomic mass is 9.99. The number of aliphatic hydroxyl groups is 2. The van der Waals surface area contributed by atoms with E-state index >= 15 is 0 Å². The van der Waals surface area contributed by atoms with Crippen molar-refractivity contribution in [3.05, 3.63) is 0 Å². The largest absolute Gasteiger partial charge is 0.395 e. The Morgan fingerprint density at radius 3 is 2.59 bits per heavy atom. The molecule has 0 bridgehead atoms. The van der Waals surface area contributed by atoms with Crippen molar-refractivity contribution in [3.8, 4) is 0 Å². The summed E-state index contributed by atoms with van der Waals surface area (Å²) >= 11 is 0. The second-order valence-electron chi connectivity index (χ2n) is 6.05. The molecule has 3 nitrogen and oxygen atoms in total. The van der Waals surface area contributed by atoms with Crippen LogP contribution in [0.5, 0.6) is 0 Å². The van der Waals surface area contributed by atoms with Crippen LogP contribution in [-0.4, -0.2) is 47.0 Å². The lowest BCUT2D eigenvalue weighted by Gasteiger charge is -2.28. The lowest BCUT2D eigenvalue weighted by molar-refractivity contribution is 0.0634. The van der Waals surface area contributed by atoms with Gasteiger partial charge in [0.15, 0.2) is 0 Å². The SMILES string of the molecule is CC1CCN(CC(O)CC2CCCC2)C1CO. The number of β-amino-alcohol motifs (C(OH)–C–C–N with tert-alkyl or cyclic N) is 1. The van der Waals surface area contributed by atoms with Gasteiger partial charge in [0.2, 0.25) is 0 Å². The van der Waals surface area contributed by atoms with E-state index < -0.39 is 0 Å². The number of hydrogen-bond acceptors (Lipinski definition) is 3. The molecule has 2 aliphatic rings. The zero-order chi connectivity index (χ0) is 12.3. The molecule has 0 spiro atoms. The van der Waals surface area contributed by atoms with E-state index in [0.717, 1.165) is 31.8 Å². The maximum Gasteiger partial charge on any atom is 0.0669 e. The van der Waals surface area contributed by atoms with Gasteiger partial charge in [-0.2, -0.15) is 0 Å². The number of likely N-dealkylation sites (tertiary alicyclic amines) is 1. The Bertz CT molecular complexity index is 228. The Morgan fingerprint density at radius 2 is 1.94 bits per heavy atom. The Kier molecular flexibility index (Phi) is 4.83. The quantitative estimate of drug-likeness (QED) is 0.769. The first kappa shape index (κ1) is 13.3. The molecule has 3 atom stereocenters. The van der Waals surface area contributed by atoms with Gasteiger partial charge in [-0.15, -0.1) is 0 Å². The van der Waals surface area contributed by atoms with Gasteiger partial charge in [-0.05, 0) is 31.2 Å². The molecule has 0 amide bonds. The molecule has 100 valence electrons. The van der Waals surface area contributed by atoms with Gasteiger partial charge in [0.05, 0.1) is 12.7 Å². The van der Waals surface area contributed by atoms with Crippen LogP contribution >= 0.6 is 0 Å². The molecule has 17 heavy (non-hydrogen) atoms. The van der Waals surface area contributed by atoms with E-state index in [-0.39, 0.29) is 18.8 Å². The number of nitrogens with zero attached hydrogens (tertiary/aromatic N) is 1. The molecule has 3 heteroatoms. The monoisotopic (exact) mass is 241 g/mol. The molecule has 1 aliphatic heterocycles. The molecule has 2 N–H and O–H groups in total. The van der Waals surface area contributed by atoms with Gasteiger partial charge in [0, 0.05) is 12.6 Å². The van der Waals surface area contributed by atoms with Gasteiger partial charge in [0.25, 0.3) is 0 Å². The average Bonchev–Trinajstić information content (AvgIpc) is 2.89. The Labute approximate surface area is 105 Å². The van der Waals surface area contributed by atoms with Crippen molar-refractivity contribution in [2.75, 3.05) is 19.7 Å². The van der Waals surface area contributed by atoms with Crippen LogP contribution in [-0.2, 0) is 0 Å². The highest BCUT2D eigenvalue weighted by molar-refractivity contribution is 4.86. The molecule has 3 unspecified atom stereocenters. The summed E-state index contributed by atoms with van der Waals surface area (Å²) in [5.41, 5.74) is 0. The molecule has 1 heterocycles. The summed E-state index contributed by atoms with van der Waals surface area (Å²) < 4.78 is 0. The molecule has 1 saturated carbocycles. The van der Waals surface area contributed by atoms with Crippen molar-refractivity contribution in [2.45, 2.75) is 57.6 Å². The first-order valence-electron chi connectivity index (χ1n) is 7.23. The molecular weight excluding hydrogens is 214 g/mol. The second kappa shape index (κ2) is 6.17. The highest BCUT2D eigenvalue weighted by atomic mass is 16.3. The molecule has 0 aromatic rings. The fraction of sp³-hybridized carbons (Fsp3) is 1.00. The highest BCUT2D eigenvalue weighted by Gasteiger charge is 2.32. The second-order valence-corrected chi connectivity index (χ2v) is 6.05. The fourth-order valence-electron chi connectivity index (χ4n) is 3.59. The number of aliphatic hydroxyl groups excluding tert-OH is 2. The smallest absolute Gasteiger partial charge is 0.0669 e. The number of rotatable bonds is 5. The minimum atomic E-state index is -0.197. The Balaban J connectivity index is 1.75. The summed E-state index contributed by atoms with van der Waals surface area (Å²) in [6.07, 6.45) is 7.21. The van der Waals surface area contributed by atoms with Gasteiger partial charge in [-0.1, -0.05) is 32.6 Å². The summed E-state index contributed by atoms with van der Waals surface area (Å²) in [5.74, 6) is 1.32. The predicted molar refractivity (Wildman–Crippen MR) is 68.8 cm³/mol. The highest BCUT2D eigenvalue weighted by Crippen LogP contribution is 2.30. The standard InChI is InChI=1S/C14H27NO2/c1-11-6-7-15(14(11)10-16)9-13(17)8-12-4-2-3-5-12/h11-14,16-17H,2-10H2,1H3. The average molecular weight is 241 g/mol. The topological polar surface area (TPSA) is 43.7 Å². The van der Waals surface area contributed by atoms with Crippen LogP contribution < -0.4 is 0 Å². The summed E-state index contributed by atoms with van der Waals surface area (Å²) in [4.78, 5) is 2.28. The fourth-order valence-corrected chi connectivity index (χ4v) is 3.59. The molecule has 2 fully saturated rings. The lowest BCUT2D eigenvalue weighted by Crippen LogP contribution is -2.40. The summed E-state index contributed by atoms with van der Waals surface area (Å²) in [6.45, 7) is 4.22. The first-order valence-corrected chi connectivity index (χ1v) is 7.23. The van der Waals surface area contributed by atoms with Gasteiger partial charge >= 0.3 is 0 Å². The van der Waals surface area contributed by atoms with Crippen molar-refractivity contribution in [3.63, 3.8) is 0 Å². The third-order valence-corrected chi connectivity index (χ3v) is 4.71. The van der Waals surface area contributed by atoms with Crippen LogP contribution in [0.1, 0.15) is 45.4 Å². The van der Waals surface area contributed by atoms with Gasteiger partial charge < -0.3 is 10.2 Å². The van der Waals surface area contributed by atoms with Crippen molar-refractivity contribution in [2.24, 2.45) is 11.8 Å². The van der Waals surface area contributed by atoms with Crippen molar-refractivity contribution in [1.29, 1.82) is 0 Å². The van der Waals surface area contributed by atoms with Crippen molar-refractivity contribution in [1.82, 2.24) is 4.90 Å². The predicted octanol–water partition coefficient (Wildman–Crippen LogP) is 1.63. The van der Waals surface area contributed by atoms with E-state index in [9.17, 15) is 10.2 Å². The molecule has 0 aromatic heterocycles. The zero-order valence-corrected chi connectivity index (χ0v) is 11.0. The van der Waals surface area contributed by atoms with Gasteiger partial charge in [-0.3, -0.25) is 4.90 Å². The molecular formula is C14H27NO2. The Morgan fingerprint density at radius 1 is 1.24 bits per heavy atom. The van der Waals surface area contributed by atoms with Crippen LogP contribution in [0.15, 0.2) is 0 Å². The van der Waals surface area contributed by atoms with E-state index in [1.165, 1.54) is 25.7 Å². The summed E-state index contributed by atoms with van der Waals surface area (Å²) in [7, 11) is 0. The minimum Gasteiger partial charge on any atom is -0.395 e. The molecule has 1 saturated heterocycles. The van der Waals surface area contributed by atoms with E-state index in [1.54, 1.807) is 0 Å². The van der Waals surface area contributed by atoms with Crippen LogP contribution in [0.25, 0.3) is 0 Å². The normalized spacial score (nSPS) is 33.4. The third-order valence-electron chi connectivity index (χ3n) is 4.71. The molecule has 0 aromatic carbocycles. The van der Waals surface area contributed by atoms with E-state index in [0.29, 0.717) is 5.92 Å². The Hall–Kier alpha value is -0.120. The maximum atomic E-state index is 10.1. The first-order chi connectivity index (χ1) is 8.20. The maximum absolute atomic E-state index is 10.1. The molecule has 0 radical (unpaired) electrons. The third kappa shape index (κ3) is 3.43. The van der Waals surface area contributed by atoms with E-state index in [4.69, 9.17) is 0 Å².